The minimum Gasteiger partial charge on any atom is -0.219 e. The van der Waals surface area contributed by atoms with Gasteiger partial charge in [-0.2, -0.15) is 0 Å². The molecule has 96 valence electrons. The molecule has 2 aromatic rings. The number of aromatic nitrogens is 3. The summed E-state index contributed by atoms with van der Waals surface area (Å²) >= 11 is 0. The Morgan fingerprint density at radius 3 is 2.53 bits per heavy atom. The summed E-state index contributed by atoms with van der Waals surface area (Å²) in [6, 6.07) is 8.26. The zero-order valence-electron chi connectivity index (χ0n) is 11.3. The summed E-state index contributed by atoms with van der Waals surface area (Å²) in [5.74, 6) is 2.23. The molecule has 0 fully saturated rings. The van der Waals surface area contributed by atoms with Crippen molar-refractivity contribution in [3.05, 3.63) is 66.3 Å². The molecule has 0 amide bonds. The van der Waals surface area contributed by atoms with Crippen molar-refractivity contribution in [1.29, 1.82) is 0 Å². The molecular formula is C16H17N3. The first kappa shape index (κ1) is 13.1. The highest BCUT2D eigenvalue weighted by Gasteiger charge is 2.04. The molecule has 0 radical (unpaired) electrons. The van der Waals surface area contributed by atoms with E-state index in [1.807, 2.05) is 32.1 Å². The molecule has 3 nitrogen and oxygen atoms in total. The number of aryl methyl sites for hydroxylation is 2. The van der Waals surface area contributed by atoms with Crippen LogP contribution in [0.15, 0.2) is 49.1 Å². The molecular weight excluding hydrogens is 234 g/mol. The topological polar surface area (TPSA) is 38.7 Å². The van der Waals surface area contributed by atoms with Crippen LogP contribution in [0, 0.1) is 13.8 Å². The smallest absolute Gasteiger partial charge is 0.163 e. The number of allylic oxidation sites excluding steroid dienone is 3. The van der Waals surface area contributed by atoms with Crippen molar-refractivity contribution in [2.45, 2.75) is 20.3 Å². The van der Waals surface area contributed by atoms with Crippen LogP contribution in [-0.4, -0.2) is 15.0 Å². The van der Waals surface area contributed by atoms with Crippen LogP contribution in [-0.2, 0) is 6.42 Å². The number of benzene rings is 1. The van der Waals surface area contributed by atoms with Gasteiger partial charge in [0, 0.05) is 5.56 Å². The van der Waals surface area contributed by atoms with Crippen molar-refractivity contribution in [3.8, 4) is 11.4 Å². The first-order valence-electron chi connectivity index (χ1n) is 6.25. The van der Waals surface area contributed by atoms with E-state index in [1.165, 1.54) is 5.56 Å². The fourth-order valence-electron chi connectivity index (χ4n) is 1.88. The van der Waals surface area contributed by atoms with Gasteiger partial charge in [0.15, 0.2) is 5.82 Å². The lowest BCUT2D eigenvalue weighted by atomic mass is 10.1. The van der Waals surface area contributed by atoms with E-state index in [4.69, 9.17) is 0 Å². The zero-order valence-corrected chi connectivity index (χ0v) is 11.3. The van der Waals surface area contributed by atoms with Gasteiger partial charge in [-0.25, -0.2) is 15.0 Å². The first-order valence-corrected chi connectivity index (χ1v) is 6.25. The van der Waals surface area contributed by atoms with Crippen molar-refractivity contribution in [2.24, 2.45) is 0 Å². The van der Waals surface area contributed by atoms with Crippen LogP contribution in [0.5, 0.6) is 0 Å². The van der Waals surface area contributed by atoms with Crippen LogP contribution in [0.1, 0.15) is 17.2 Å². The number of nitrogens with zero attached hydrogens (tertiary/aromatic N) is 3. The fourth-order valence-corrected chi connectivity index (χ4v) is 1.88. The molecule has 19 heavy (non-hydrogen) atoms. The predicted octanol–water partition coefficient (Wildman–Crippen LogP) is 3.44. The van der Waals surface area contributed by atoms with E-state index in [-0.39, 0.29) is 0 Å². The lowest BCUT2D eigenvalue weighted by molar-refractivity contribution is 0.928. The molecule has 1 heterocycles. The largest absolute Gasteiger partial charge is 0.219 e. The van der Waals surface area contributed by atoms with Gasteiger partial charge in [-0.1, -0.05) is 43.0 Å². The van der Waals surface area contributed by atoms with Crippen molar-refractivity contribution in [1.82, 2.24) is 15.0 Å². The second-order valence-corrected chi connectivity index (χ2v) is 4.32. The Bertz CT molecular complexity index is 595. The van der Waals surface area contributed by atoms with Gasteiger partial charge < -0.3 is 0 Å². The van der Waals surface area contributed by atoms with E-state index in [0.29, 0.717) is 0 Å². The summed E-state index contributed by atoms with van der Waals surface area (Å²) in [5, 5.41) is 0. The third kappa shape index (κ3) is 3.58. The van der Waals surface area contributed by atoms with Crippen molar-refractivity contribution in [2.75, 3.05) is 0 Å². The standard InChI is InChI=1S/C16H17N3/c1-4-5-6-8-14-9-7-10-15(11-14)16-18-12(2)17-13(3)19-16/h4-7,9-11H,1,8H2,2-3H3. The molecule has 0 aliphatic carbocycles. The normalized spacial score (nSPS) is 10.8. The minimum absolute atomic E-state index is 0.736. The average molecular weight is 251 g/mol. The molecule has 0 aliphatic heterocycles. The Labute approximate surface area is 113 Å². The molecule has 0 unspecified atom stereocenters. The molecule has 0 atom stereocenters. The van der Waals surface area contributed by atoms with Crippen LogP contribution in [0.3, 0.4) is 0 Å². The Morgan fingerprint density at radius 1 is 1.11 bits per heavy atom. The van der Waals surface area contributed by atoms with E-state index in [1.54, 1.807) is 6.08 Å². The summed E-state index contributed by atoms with van der Waals surface area (Å²) in [4.78, 5) is 13.0. The summed E-state index contributed by atoms with van der Waals surface area (Å²) in [6.07, 6.45) is 6.69. The molecule has 0 bridgehead atoms. The highest BCUT2D eigenvalue weighted by Crippen LogP contribution is 2.17. The maximum absolute atomic E-state index is 4.39. The third-order valence-corrected chi connectivity index (χ3v) is 2.67. The molecule has 0 aliphatic rings. The second kappa shape index (κ2) is 6.05. The fraction of sp³-hybridized carbons (Fsp3) is 0.188. The monoisotopic (exact) mass is 251 g/mol. The predicted molar refractivity (Wildman–Crippen MR) is 77.8 cm³/mol. The number of hydrogen-bond donors (Lipinski definition) is 0. The molecule has 0 spiro atoms. The molecule has 2 rings (SSSR count). The van der Waals surface area contributed by atoms with Crippen LogP contribution in [0.2, 0.25) is 0 Å². The van der Waals surface area contributed by atoms with E-state index >= 15 is 0 Å². The van der Waals surface area contributed by atoms with Gasteiger partial charge in [0.05, 0.1) is 0 Å². The van der Waals surface area contributed by atoms with E-state index in [9.17, 15) is 0 Å². The van der Waals surface area contributed by atoms with Crippen LogP contribution < -0.4 is 0 Å². The maximum Gasteiger partial charge on any atom is 0.163 e. The van der Waals surface area contributed by atoms with Crippen molar-refractivity contribution in [3.63, 3.8) is 0 Å². The van der Waals surface area contributed by atoms with E-state index < -0.39 is 0 Å². The summed E-state index contributed by atoms with van der Waals surface area (Å²) < 4.78 is 0. The van der Waals surface area contributed by atoms with Gasteiger partial charge in [0.1, 0.15) is 11.6 Å². The van der Waals surface area contributed by atoms with Crippen LogP contribution in [0.25, 0.3) is 11.4 Å². The van der Waals surface area contributed by atoms with Gasteiger partial charge in [0.25, 0.3) is 0 Å². The zero-order chi connectivity index (χ0) is 13.7. The highest BCUT2D eigenvalue weighted by atomic mass is 15.0. The molecule has 1 aromatic carbocycles. The highest BCUT2D eigenvalue weighted by molar-refractivity contribution is 5.56. The molecule has 0 saturated heterocycles. The van der Waals surface area contributed by atoms with Crippen LogP contribution >= 0.6 is 0 Å². The summed E-state index contributed by atoms with van der Waals surface area (Å²) in [7, 11) is 0. The van der Waals surface area contributed by atoms with Crippen molar-refractivity contribution < 1.29 is 0 Å². The lowest BCUT2D eigenvalue weighted by Crippen LogP contribution is -1.99. The maximum atomic E-state index is 4.39. The Morgan fingerprint density at radius 2 is 1.84 bits per heavy atom. The van der Waals surface area contributed by atoms with Crippen molar-refractivity contribution >= 4 is 0 Å². The van der Waals surface area contributed by atoms with E-state index in [2.05, 4.69) is 39.7 Å². The SMILES string of the molecule is C=CC=CCc1cccc(-c2nc(C)nc(C)n2)c1. The number of hydrogen-bond acceptors (Lipinski definition) is 3. The van der Waals surface area contributed by atoms with Crippen LogP contribution in [0.4, 0.5) is 0 Å². The number of rotatable bonds is 4. The first-order chi connectivity index (χ1) is 9.19. The van der Waals surface area contributed by atoms with Gasteiger partial charge in [-0.15, -0.1) is 0 Å². The molecule has 0 saturated carbocycles. The molecule has 0 N–H and O–H groups in total. The Kier molecular flexibility index (Phi) is 4.18. The molecule has 3 heteroatoms. The second-order valence-electron chi connectivity index (χ2n) is 4.32. The lowest BCUT2D eigenvalue weighted by Gasteiger charge is -2.04. The third-order valence-electron chi connectivity index (χ3n) is 2.67. The Hall–Kier alpha value is -2.29. The minimum atomic E-state index is 0.736. The quantitative estimate of drug-likeness (QED) is 0.781. The van der Waals surface area contributed by atoms with Gasteiger partial charge in [-0.3, -0.25) is 0 Å². The average Bonchev–Trinajstić information content (AvgIpc) is 2.38. The summed E-state index contributed by atoms with van der Waals surface area (Å²) in [5.41, 5.74) is 2.25. The molecule has 1 aromatic heterocycles. The summed E-state index contributed by atoms with van der Waals surface area (Å²) in [6.45, 7) is 7.43. The Balaban J connectivity index is 2.31. The van der Waals surface area contributed by atoms with E-state index in [0.717, 1.165) is 29.5 Å². The van der Waals surface area contributed by atoms with Gasteiger partial charge >= 0.3 is 0 Å². The van der Waals surface area contributed by atoms with Gasteiger partial charge in [0.2, 0.25) is 0 Å². The van der Waals surface area contributed by atoms with Gasteiger partial charge in [-0.05, 0) is 31.9 Å².